The van der Waals surface area contributed by atoms with E-state index in [0.717, 1.165) is 31.2 Å². The minimum absolute atomic E-state index is 0.0341. The summed E-state index contributed by atoms with van der Waals surface area (Å²) in [6, 6.07) is 20.6. The van der Waals surface area contributed by atoms with Crippen LogP contribution in [0.4, 0.5) is 0 Å². The van der Waals surface area contributed by atoms with E-state index in [2.05, 4.69) is 24.3 Å². The maximum Gasteiger partial charge on any atom is 0.100 e. The molecule has 3 heteroatoms. The highest BCUT2D eigenvalue weighted by molar-refractivity contribution is 5.17. The van der Waals surface area contributed by atoms with Gasteiger partial charge in [-0.2, -0.15) is 0 Å². The maximum absolute atomic E-state index is 9.50. The average Bonchev–Trinajstić information content (AvgIpc) is 2.62. The molecule has 124 valence electrons. The Morgan fingerprint density at radius 2 is 1.52 bits per heavy atom. The van der Waals surface area contributed by atoms with Crippen LogP contribution in [0.25, 0.3) is 0 Å². The van der Waals surface area contributed by atoms with Crippen molar-refractivity contribution in [2.75, 3.05) is 13.2 Å². The van der Waals surface area contributed by atoms with Crippen molar-refractivity contribution in [3.8, 4) is 0 Å². The zero-order chi connectivity index (χ0) is 16.3. The number of rotatable bonds is 10. The van der Waals surface area contributed by atoms with Crippen molar-refractivity contribution in [3.63, 3.8) is 0 Å². The number of aliphatic hydroxyl groups is 2. The lowest BCUT2D eigenvalue weighted by Gasteiger charge is -2.20. The van der Waals surface area contributed by atoms with Gasteiger partial charge in [0, 0.05) is 0 Å². The van der Waals surface area contributed by atoms with E-state index in [-0.39, 0.29) is 19.3 Å². The second-order valence-corrected chi connectivity index (χ2v) is 5.80. The fourth-order valence-electron chi connectivity index (χ4n) is 2.60. The molecule has 2 unspecified atom stereocenters. The van der Waals surface area contributed by atoms with E-state index in [9.17, 15) is 5.11 Å². The molecule has 0 fully saturated rings. The van der Waals surface area contributed by atoms with Crippen LogP contribution in [0.5, 0.6) is 0 Å². The summed E-state index contributed by atoms with van der Waals surface area (Å²) in [5, 5.41) is 18.4. The van der Waals surface area contributed by atoms with Gasteiger partial charge >= 0.3 is 0 Å². The summed E-state index contributed by atoms with van der Waals surface area (Å²) in [6.07, 6.45) is 3.30. The van der Waals surface area contributed by atoms with Gasteiger partial charge in [0.05, 0.1) is 19.3 Å². The van der Waals surface area contributed by atoms with Crippen molar-refractivity contribution in [1.82, 2.24) is 0 Å². The molecule has 23 heavy (non-hydrogen) atoms. The molecule has 0 saturated heterocycles. The number of benzene rings is 2. The molecule has 2 rings (SSSR count). The fraction of sp³-hybridized carbons (Fsp3) is 0.400. The average molecular weight is 314 g/mol. The second kappa shape index (κ2) is 10.2. The molecule has 3 nitrogen and oxygen atoms in total. The highest BCUT2D eigenvalue weighted by atomic mass is 16.5. The van der Waals surface area contributed by atoms with Crippen molar-refractivity contribution in [2.24, 2.45) is 0 Å². The number of aryl methyl sites for hydroxylation is 1. The van der Waals surface area contributed by atoms with Crippen LogP contribution in [0, 0.1) is 0 Å². The van der Waals surface area contributed by atoms with Crippen LogP contribution in [0.3, 0.4) is 0 Å². The maximum atomic E-state index is 9.50. The zero-order valence-corrected chi connectivity index (χ0v) is 13.5. The monoisotopic (exact) mass is 314 g/mol. The number of ether oxygens (including phenoxy) is 1. The Hall–Kier alpha value is -1.68. The van der Waals surface area contributed by atoms with Gasteiger partial charge in [0.1, 0.15) is 6.10 Å². The lowest BCUT2D eigenvalue weighted by molar-refractivity contribution is -0.0330. The first-order valence-electron chi connectivity index (χ1n) is 8.29. The summed E-state index contributed by atoms with van der Waals surface area (Å²) in [6.45, 7) is -0.107. The molecular weight excluding hydrogens is 288 g/mol. The lowest BCUT2D eigenvalue weighted by atomic mass is 10.0. The quantitative estimate of drug-likeness (QED) is 0.660. The van der Waals surface area contributed by atoms with Gasteiger partial charge in [-0.25, -0.2) is 0 Å². The number of aliphatic hydroxyl groups excluding tert-OH is 2. The van der Waals surface area contributed by atoms with E-state index in [1.807, 2.05) is 36.4 Å². The predicted molar refractivity (Wildman–Crippen MR) is 92.2 cm³/mol. The third-order valence-corrected chi connectivity index (χ3v) is 3.90. The molecule has 0 aromatic heterocycles. The molecule has 0 aliphatic rings. The van der Waals surface area contributed by atoms with Crippen LogP contribution in [-0.2, 0) is 11.2 Å². The molecule has 0 heterocycles. The molecule has 2 atom stereocenters. The second-order valence-electron chi connectivity index (χ2n) is 5.80. The summed E-state index contributed by atoms with van der Waals surface area (Å²) >= 11 is 0. The molecule has 2 N–H and O–H groups in total. The third kappa shape index (κ3) is 6.53. The van der Waals surface area contributed by atoms with Crippen molar-refractivity contribution in [2.45, 2.75) is 37.9 Å². The highest BCUT2D eigenvalue weighted by Gasteiger charge is 2.13. The molecule has 0 radical (unpaired) electrons. The van der Waals surface area contributed by atoms with Crippen LogP contribution < -0.4 is 0 Å². The SMILES string of the molecule is OCC(O)COC(CCCCc1ccccc1)c1ccccc1. The first kappa shape index (κ1) is 17.7. The highest BCUT2D eigenvalue weighted by Crippen LogP contribution is 2.24. The minimum Gasteiger partial charge on any atom is -0.394 e. The van der Waals surface area contributed by atoms with Gasteiger partial charge in [-0.3, -0.25) is 0 Å². The molecule has 0 amide bonds. The summed E-state index contributed by atoms with van der Waals surface area (Å²) < 4.78 is 5.82. The van der Waals surface area contributed by atoms with Crippen molar-refractivity contribution < 1.29 is 14.9 Å². The third-order valence-electron chi connectivity index (χ3n) is 3.90. The summed E-state index contributed by atoms with van der Waals surface area (Å²) in [7, 11) is 0. The van der Waals surface area contributed by atoms with Gasteiger partial charge in [-0.05, 0) is 30.4 Å². The molecule has 0 saturated carbocycles. The van der Waals surface area contributed by atoms with Gasteiger partial charge in [-0.15, -0.1) is 0 Å². The first-order valence-corrected chi connectivity index (χ1v) is 8.29. The van der Waals surface area contributed by atoms with E-state index < -0.39 is 6.10 Å². The number of hydrogen-bond donors (Lipinski definition) is 2. The van der Waals surface area contributed by atoms with E-state index in [1.54, 1.807) is 0 Å². The lowest BCUT2D eigenvalue weighted by Crippen LogP contribution is -2.21. The van der Waals surface area contributed by atoms with Crippen molar-refractivity contribution in [1.29, 1.82) is 0 Å². The smallest absolute Gasteiger partial charge is 0.100 e. The molecule has 2 aromatic carbocycles. The normalized spacial score (nSPS) is 13.7. The minimum atomic E-state index is -0.814. The van der Waals surface area contributed by atoms with Crippen LogP contribution >= 0.6 is 0 Å². The van der Waals surface area contributed by atoms with E-state index in [0.29, 0.717) is 0 Å². The zero-order valence-electron chi connectivity index (χ0n) is 13.5. The molecule has 0 aliphatic carbocycles. The predicted octanol–water partition coefficient (Wildman–Crippen LogP) is 3.51. The largest absolute Gasteiger partial charge is 0.394 e. The van der Waals surface area contributed by atoms with Gasteiger partial charge in [-0.1, -0.05) is 67.1 Å². The van der Waals surface area contributed by atoms with Crippen LogP contribution in [0.2, 0.25) is 0 Å². The Kier molecular flexibility index (Phi) is 7.81. The number of unbranched alkanes of at least 4 members (excludes halogenated alkanes) is 1. The van der Waals surface area contributed by atoms with Gasteiger partial charge in [0.2, 0.25) is 0 Å². The van der Waals surface area contributed by atoms with Gasteiger partial charge in [0.15, 0.2) is 0 Å². The topological polar surface area (TPSA) is 49.7 Å². The molecule has 0 spiro atoms. The van der Waals surface area contributed by atoms with Gasteiger partial charge in [0.25, 0.3) is 0 Å². The van der Waals surface area contributed by atoms with E-state index in [4.69, 9.17) is 9.84 Å². The van der Waals surface area contributed by atoms with Crippen LogP contribution in [-0.4, -0.2) is 29.5 Å². The Bertz CT molecular complexity index is 527. The van der Waals surface area contributed by atoms with Crippen molar-refractivity contribution >= 4 is 0 Å². The summed E-state index contributed by atoms with van der Waals surface area (Å²) in [5.74, 6) is 0. The van der Waals surface area contributed by atoms with Gasteiger partial charge < -0.3 is 14.9 Å². The molecule has 2 aromatic rings. The summed E-state index contributed by atoms with van der Waals surface area (Å²) in [4.78, 5) is 0. The van der Waals surface area contributed by atoms with E-state index >= 15 is 0 Å². The van der Waals surface area contributed by atoms with Crippen LogP contribution in [0.15, 0.2) is 60.7 Å². The van der Waals surface area contributed by atoms with Crippen molar-refractivity contribution in [3.05, 3.63) is 71.8 Å². The first-order chi connectivity index (χ1) is 11.3. The Balaban J connectivity index is 1.82. The Labute approximate surface area is 138 Å². The van der Waals surface area contributed by atoms with Crippen LogP contribution in [0.1, 0.15) is 36.5 Å². The molecule has 0 aliphatic heterocycles. The molecular formula is C20H26O3. The van der Waals surface area contributed by atoms with E-state index in [1.165, 1.54) is 5.56 Å². The summed E-state index contributed by atoms with van der Waals surface area (Å²) in [5.41, 5.74) is 2.48. The standard InChI is InChI=1S/C20H26O3/c21-15-19(22)16-23-20(18-12-5-2-6-13-18)14-8-7-11-17-9-3-1-4-10-17/h1-6,9-10,12-13,19-22H,7-8,11,14-16H2. The fourth-order valence-corrected chi connectivity index (χ4v) is 2.60. The Morgan fingerprint density at radius 3 is 2.17 bits per heavy atom. The number of hydrogen-bond acceptors (Lipinski definition) is 3. The Morgan fingerprint density at radius 1 is 0.870 bits per heavy atom. The molecule has 0 bridgehead atoms.